The van der Waals surface area contributed by atoms with Crippen LogP contribution in [0.15, 0.2) is 53.3 Å². The standard InChI is InChI=1S/C22H19N3O4S/c1-13(2)28-17-9-7-16(8-10-17)20-23-22-25(24-20)21(27)19(30-22)12-15-5-4-6-18(11-15)29-14(3)26/h4-13H,1-3H3/b19-12+. The van der Waals surface area contributed by atoms with Crippen molar-refractivity contribution in [2.75, 3.05) is 0 Å². The van der Waals surface area contributed by atoms with E-state index in [1.54, 1.807) is 24.3 Å². The lowest BCUT2D eigenvalue weighted by Gasteiger charge is -2.09. The average Bonchev–Trinajstić information content (AvgIpc) is 3.22. The van der Waals surface area contributed by atoms with E-state index in [1.807, 2.05) is 44.2 Å². The Bertz CT molecular complexity index is 1320. The number of rotatable bonds is 5. The molecule has 7 nitrogen and oxygen atoms in total. The van der Waals surface area contributed by atoms with Gasteiger partial charge in [0.2, 0.25) is 4.96 Å². The summed E-state index contributed by atoms with van der Waals surface area (Å²) in [6.45, 7) is 5.28. The molecule has 4 rings (SSSR count). The highest BCUT2D eigenvalue weighted by atomic mass is 32.1. The van der Waals surface area contributed by atoms with Crippen molar-refractivity contribution >= 4 is 28.3 Å². The van der Waals surface area contributed by atoms with Gasteiger partial charge in [0.15, 0.2) is 5.82 Å². The molecule has 152 valence electrons. The highest BCUT2D eigenvalue weighted by Gasteiger charge is 2.12. The summed E-state index contributed by atoms with van der Waals surface area (Å²) in [6, 6.07) is 14.4. The second kappa shape index (κ2) is 8.08. The first kappa shape index (κ1) is 19.8. The first-order chi connectivity index (χ1) is 14.4. The lowest BCUT2D eigenvalue weighted by Crippen LogP contribution is -2.23. The van der Waals surface area contributed by atoms with Crippen molar-refractivity contribution in [1.29, 1.82) is 0 Å². The number of benzene rings is 2. The van der Waals surface area contributed by atoms with Gasteiger partial charge in [-0.25, -0.2) is 0 Å². The van der Waals surface area contributed by atoms with Crippen LogP contribution in [0.25, 0.3) is 22.4 Å². The first-order valence-corrected chi connectivity index (χ1v) is 10.2. The number of carbonyl (C=O) groups excluding carboxylic acids is 1. The van der Waals surface area contributed by atoms with E-state index in [0.717, 1.165) is 16.9 Å². The topological polar surface area (TPSA) is 82.8 Å². The molecular formula is C22H19N3O4S. The van der Waals surface area contributed by atoms with Crippen molar-refractivity contribution in [2.45, 2.75) is 26.9 Å². The summed E-state index contributed by atoms with van der Waals surface area (Å²) in [5.41, 5.74) is 1.31. The van der Waals surface area contributed by atoms with E-state index in [4.69, 9.17) is 9.47 Å². The molecule has 0 aliphatic carbocycles. The van der Waals surface area contributed by atoms with Gasteiger partial charge in [-0.15, -0.1) is 5.10 Å². The molecule has 0 saturated heterocycles. The van der Waals surface area contributed by atoms with Crippen molar-refractivity contribution in [1.82, 2.24) is 14.6 Å². The Labute approximate surface area is 176 Å². The third-order valence-corrected chi connectivity index (χ3v) is 5.04. The summed E-state index contributed by atoms with van der Waals surface area (Å²) in [4.78, 5) is 28.9. The minimum atomic E-state index is -0.396. The Morgan fingerprint density at radius 1 is 1.13 bits per heavy atom. The quantitative estimate of drug-likeness (QED) is 0.364. The summed E-state index contributed by atoms with van der Waals surface area (Å²) in [5, 5.41) is 4.37. The van der Waals surface area contributed by atoms with E-state index in [-0.39, 0.29) is 11.7 Å². The average molecular weight is 421 g/mol. The van der Waals surface area contributed by atoms with Crippen LogP contribution in [-0.2, 0) is 4.79 Å². The van der Waals surface area contributed by atoms with Gasteiger partial charge in [0.05, 0.1) is 10.6 Å². The molecule has 2 aromatic carbocycles. The van der Waals surface area contributed by atoms with Gasteiger partial charge in [0, 0.05) is 12.5 Å². The lowest BCUT2D eigenvalue weighted by atomic mass is 10.2. The van der Waals surface area contributed by atoms with Gasteiger partial charge in [-0.05, 0) is 61.9 Å². The fraction of sp³-hybridized carbons (Fsp3) is 0.182. The smallest absolute Gasteiger partial charge is 0.308 e. The minimum absolute atomic E-state index is 0.0966. The fourth-order valence-electron chi connectivity index (χ4n) is 2.90. The Morgan fingerprint density at radius 3 is 2.57 bits per heavy atom. The summed E-state index contributed by atoms with van der Waals surface area (Å²) < 4.78 is 12.5. The van der Waals surface area contributed by atoms with Crippen LogP contribution in [0.5, 0.6) is 11.5 Å². The third-order valence-electron chi connectivity index (χ3n) is 4.08. The molecular weight excluding hydrogens is 402 g/mol. The van der Waals surface area contributed by atoms with Crippen LogP contribution in [-0.4, -0.2) is 26.7 Å². The van der Waals surface area contributed by atoms with Crippen molar-refractivity contribution in [2.24, 2.45) is 0 Å². The fourth-order valence-corrected chi connectivity index (χ4v) is 3.80. The molecule has 2 heterocycles. The molecule has 30 heavy (non-hydrogen) atoms. The zero-order valence-corrected chi connectivity index (χ0v) is 17.5. The number of carbonyl (C=O) groups is 1. The Balaban J connectivity index is 1.65. The second-order valence-electron chi connectivity index (χ2n) is 6.90. The molecule has 8 heteroatoms. The van der Waals surface area contributed by atoms with Crippen LogP contribution >= 0.6 is 11.3 Å². The zero-order valence-electron chi connectivity index (χ0n) is 16.7. The van der Waals surface area contributed by atoms with E-state index < -0.39 is 5.97 Å². The van der Waals surface area contributed by atoms with Gasteiger partial charge in [-0.1, -0.05) is 23.5 Å². The van der Waals surface area contributed by atoms with Crippen molar-refractivity contribution in [3.63, 3.8) is 0 Å². The predicted octanol–water partition coefficient (Wildman–Crippen LogP) is 3.08. The molecule has 0 amide bonds. The molecule has 0 bridgehead atoms. The monoisotopic (exact) mass is 421 g/mol. The number of fused-ring (bicyclic) bond motifs is 1. The van der Waals surface area contributed by atoms with Gasteiger partial charge in [0.1, 0.15) is 11.5 Å². The van der Waals surface area contributed by atoms with E-state index >= 15 is 0 Å². The molecule has 0 saturated carbocycles. The molecule has 0 aliphatic rings. The Morgan fingerprint density at radius 2 is 1.90 bits per heavy atom. The van der Waals surface area contributed by atoms with Gasteiger partial charge >= 0.3 is 5.97 Å². The van der Waals surface area contributed by atoms with Crippen molar-refractivity contribution in [3.05, 3.63) is 69.0 Å². The van der Waals surface area contributed by atoms with E-state index in [2.05, 4.69) is 10.1 Å². The number of nitrogens with zero attached hydrogens (tertiary/aromatic N) is 3. The van der Waals surface area contributed by atoms with Crippen molar-refractivity contribution in [3.8, 4) is 22.9 Å². The second-order valence-corrected chi connectivity index (χ2v) is 7.91. The third kappa shape index (κ3) is 4.23. The Kier molecular flexibility index (Phi) is 5.33. The van der Waals surface area contributed by atoms with Gasteiger partial charge in [0.25, 0.3) is 5.56 Å². The maximum atomic E-state index is 12.7. The van der Waals surface area contributed by atoms with Crippen LogP contribution in [0.3, 0.4) is 0 Å². The molecule has 0 unspecified atom stereocenters. The normalized spacial score (nSPS) is 11.9. The van der Waals surface area contributed by atoms with Gasteiger partial charge < -0.3 is 9.47 Å². The predicted molar refractivity (Wildman–Crippen MR) is 115 cm³/mol. The van der Waals surface area contributed by atoms with E-state index in [0.29, 0.717) is 21.1 Å². The summed E-state index contributed by atoms with van der Waals surface area (Å²) in [6.07, 6.45) is 1.83. The van der Waals surface area contributed by atoms with E-state index in [9.17, 15) is 9.59 Å². The largest absolute Gasteiger partial charge is 0.491 e. The highest BCUT2D eigenvalue weighted by Crippen LogP contribution is 2.21. The summed E-state index contributed by atoms with van der Waals surface area (Å²) in [5.74, 6) is 1.28. The molecule has 4 aromatic rings. The van der Waals surface area contributed by atoms with Crippen LogP contribution < -0.4 is 19.6 Å². The SMILES string of the molecule is CC(=O)Oc1cccc(/C=c2/sc3nc(-c4ccc(OC(C)C)cc4)nn3c2=O)c1. The molecule has 0 atom stereocenters. The number of hydrogen-bond donors (Lipinski definition) is 0. The van der Waals surface area contributed by atoms with Crippen molar-refractivity contribution < 1.29 is 14.3 Å². The molecule has 0 spiro atoms. The van der Waals surface area contributed by atoms with E-state index in [1.165, 1.54) is 22.8 Å². The molecule has 0 fully saturated rings. The number of esters is 1. The van der Waals surface area contributed by atoms with Crippen LogP contribution in [0.2, 0.25) is 0 Å². The molecule has 0 aliphatic heterocycles. The first-order valence-electron chi connectivity index (χ1n) is 9.36. The summed E-state index contributed by atoms with van der Waals surface area (Å²) in [7, 11) is 0. The lowest BCUT2D eigenvalue weighted by molar-refractivity contribution is -0.131. The Hall–Kier alpha value is -3.52. The van der Waals surface area contributed by atoms with Crippen LogP contribution in [0.4, 0.5) is 0 Å². The number of aromatic nitrogens is 3. The maximum absolute atomic E-state index is 12.7. The number of thiazole rings is 1. The van der Waals surface area contributed by atoms with Crippen LogP contribution in [0.1, 0.15) is 26.3 Å². The van der Waals surface area contributed by atoms with Gasteiger partial charge in [-0.3, -0.25) is 9.59 Å². The molecule has 2 aromatic heterocycles. The van der Waals surface area contributed by atoms with Gasteiger partial charge in [-0.2, -0.15) is 9.50 Å². The number of hydrogen-bond acceptors (Lipinski definition) is 7. The van der Waals surface area contributed by atoms with Crippen LogP contribution in [0, 0.1) is 0 Å². The highest BCUT2D eigenvalue weighted by molar-refractivity contribution is 7.15. The zero-order chi connectivity index (χ0) is 21.3. The minimum Gasteiger partial charge on any atom is -0.491 e. The summed E-state index contributed by atoms with van der Waals surface area (Å²) >= 11 is 1.25. The maximum Gasteiger partial charge on any atom is 0.308 e. The molecule has 0 N–H and O–H groups in total. The number of ether oxygens (including phenoxy) is 2. The molecule has 0 radical (unpaired) electrons.